The summed E-state index contributed by atoms with van der Waals surface area (Å²) < 4.78 is 5.98. The van der Waals surface area contributed by atoms with Gasteiger partial charge in [0.15, 0.2) is 0 Å². The Bertz CT molecular complexity index is 546. The van der Waals surface area contributed by atoms with Crippen LogP contribution in [-0.2, 0) is 9.59 Å². The quantitative estimate of drug-likeness (QED) is 0.868. The van der Waals surface area contributed by atoms with Gasteiger partial charge in [0.25, 0.3) is 0 Å². The van der Waals surface area contributed by atoms with E-state index in [2.05, 4.69) is 21.2 Å². The Morgan fingerprint density at radius 3 is 2.57 bits per heavy atom. The molecular formula is C15H18BrNO4. The summed E-state index contributed by atoms with van der Waals surface area (Å²) in [5.41, 5.74) is 0.606. The van der Waals surface area contributed by atoms with Crippen molar-refractivity contribution >= 4 is 33.5 Å². The molecule has 1 amide bonds. The normalized spacial score (nSPS) is 21.6. The number of carboxylic acids is 1. The van der Waals surface area contributed by atoms with Crippen LogP contribution in [0.1, 0.15) is 25.7 Å². The second-order valence-electron chi connectivity index (χ2n) is 5.17. The average molecular weight is 356 g/mol. The van der Waals surface area contributed by atoms with Gasteiger partial charge in [-0.15, -0.1) is 0 Å². The van der Waals surface area contributed by atoms with Crippen LogP contribution in [0, 0.1) is 11.8 Å². The van der Waals surface area contributed by atoms with Crippen LogP contribution in [0.4, 0.5) is 5.69 Å². The molecule has 2 atom stereocenters. The summed E-state index contributed by atoms with van der Waals surface area (Å²) in [7, 11) is 1.55. The number of carboxylic acid groups (broad SMARTS) is 1. The molecule has 0 saturated heterocycles. The molecule has 1 aliphatic carbocycles. The van der Waals surface area contributed by atoms with E-state index in [1.165, 1.54) is 0 Å². The highest BCUT2D eigenvalue weighted by molar-refractivity contribution is 9.10. The molecule has 0 radical (unpaired) electrons. The van der Waals surface area contributed by atoms with Gasteiger partial charge in [0.05, 0.1) is 23.4 Å². The van der Waals surface area contributed by atoms with Gasteiger partial charge in [-0.1, -0.05) is 12.8 Å². The second kappa shape index (κ2) is 6.93. The van der Waals surface area contributed by atoms with E-state index in [0.717, 1.165) is 17.3 Å². The maximum Gasteiger partial charge on any atom is 0.307 e. The molecule has 1 aromatic carbocycles. The van der Waals surface area contributed by atoms with Gasteiger partial charge in [-0.05, 0) is 40.9 Å². The molecule has 2 N–H and O–H groups in total. The van der Waals surface area contributed by atoms with E-state index >= 15 is 0 Å². The highest BCUT2D eigenvalue weighted by atomic mass is 79.9. The number of benzene rings is 1. The third-order valence-electron chi connectivity index (χ3n) is 3.84. The molecule has 0 bridgehead atoms. The van der Waals surface area contributed by atoms with Gasteiger partial charge < -0.3 is 15.2 Å². The number of halogens is 1. The molecule has 0 unspecified atom stereocenters. The van der Waals surface area contributed by atoms with Crippen LogP contribution < -0.4 is 10.1 Å². The number of aliphatic carboxylic acids is 1. The first-order chi connectivity index (χ1) is 10.0. The smallest absolute Gasteiger partial charge is 0.307 e. The minimum Gasteiger partial charge on any atom is -0.495 e. The number of carbonyl (C=O) groups is 2. The number of nitrogens with one attached hydrogen (secondary N) is 1. The molecule has 1 aliphatic rings. The topological polar surface area (TPSA) is 75.6 Å². The highest BCUT2D eigenvalue weighted by Crippen LogP contribution is 2.32. The molecule has 0 heterocycles. The van der Waals surface area contributed by atoms with Crippen LogP contribution >= 0.6 is 15.9 Å². The van der Waals surface area contributed by atoms with Crippen molar-refractivity contribution in [3.8, 4) is 5.75 Å². The van der Waals surface area contributed by atoms with Crippen molar-refractivity contribution in [3.05, 3.63) is 22.7 Å². The Hall–Kier alpha value is -1.56. The molecule has 114 valence electrons. The average Bonchev–Trinajstić information content (AvgIpc) is 2.49. The zero-order valence-electron chi connectivity index (χ0n) is 11.8. The fourth-order valence-electron chi connectivity index (χ4n) is 2.71. The molecule has 1 fully saturated rings. The molecule has 2 rings (SSSR count). The fourth-order valence-corrected chi connectivity index (χ4v) is 3.12. The van der Waals surface area contributed by atoms with E-state index in [1.54, 1.807) is 25.3 Å². The molecule has 21 heavy (non-hydrogen) atoms. The van der Waals surface area contributed by atoms with Gasteiger partial charge in [-0.25, -0.2) is 0 Å². The summed E-state index contributed by atoms with van der Waals surface area (Å²) in [6.45, 7) is 0. The Kier molecular flexibility index (Phi) is 5.22. The van der Waals surface area contributed by atoms with Gasteiger partial charge >= 0.3 is 5.97 Å². The molecule has 1 saturated carbocycles. The van der Waals surface area contributed by atoms with Crippen molar-refractivity contribution in [1.82, 2.24) is 0 Å². The van der Waals surface area contributed by atoms with Gasteiger partial charge in [0.2, 0.25) is 5.91 Å². The number of ether oxygens (including phenoxy) is 1. The lowest BCUT2D eigenvalue weighted by Crippen LogP contribution is -2.36. The molecular weight excluding hydrogens is 338 g/mol. The summed E-state index contributed by atoms with van der Waals surface area (Å²) in [6.07, 6.45) is 2.95. The van der Waals surface area contributed by atoms with Gasteiger partial charge in [0, 0.05) is 11.8 Å². The number of carbonyl (C=O) groups excluding carboxylic acids is 1. The standard InChI is InChI=1S/C15H18BrNO4/c1-21-13-8-9(6-7-12(13)16)17-14(18)10-4-2-3-5-11(10)15(19)20/h6-8,10-11H,2-5H2,1H3,(H,17,18)(H,19,20)/t10-,11+/m1/s1. The second-order valence-corrected chi connectivity index (χ2v) is 6.03. The third-order valence-corrected chi connectivity index (χ3v) is 4.49. The predicted octanol–water partition coefficient (Wildman–Crippen LogP) is 3.29. The van der Waals surface area contributed by atoms with Crippen LogP contribution in [0.15, 0.2) is 22.7 Å². The minimum absolute atomic E-state index is 0.230. The highest BCUT2D eigenvalue weighted by Gasteiger charge is 2.35. The molecule has 6 heteroatoms. The van der Waals surface area contributed by atoms with E-state index in [9.17, 15) is 14.7 Å². The molecule has 1 aromatic rings. The van der Waals surface area contributed by atoms with E-state index in [0.29, 0.717) is 24.3 Å². The first-order valence-electron chi connectivity index (χ1n) is 6.90. The zero-order chi connectivity index (χ0) is 15.4. The van der Waals surface area contributed by atoms with Crippen molar-refractivity contribution in [2.24, 2.45) is 11.8 Å². The summed E-state index contributed by atoms with van der Waals surface area (Å²) in [5, 5.41) is 12.0. The van der Waals surface area contributed by atoms with E-state index in [1.807, 2.05) is 0 Å². The lowest BCUT2D eigenvalue weighted by molar-refractivity contribution is -0.147. The number of hydrogen-bond donors (Lipinski definition) is 2. The fraction of sp³-hybridized carbons (Fsp3) is 0.467. The monoisotopic (exact) mass is 355 g/mol. The van der Waals surface area contributed by atoms with E-state index < -0.39 is 17.8 Å². The lowest BCUT2D eigenvalue weighted by atomic mass is 9.78. The SMILES string of the molecule is COc1cc(NC(=O)[C@@H]2CCCC[C@@H]2C(=O)O)ccc1Br. The minimum atomic E-state index is -0.886. The Balaban J connectivity index is 2.11. The van der Waals surface area contributed by atoms with Gasteiger partial charge in [-0.3, -0.25) is 9.59 Å². The summed E-state index contributed by atoms with van der Waals surface area (Å²) in [6, 6.07) is 5.24. The lowest BCUT2D eigenvalue weighted by Gasteiger charge is -2.27. The molecule has 5 nitrogen and oxygen atoms in total. The van der Waals surface area contributed by atoms with Gasteiger partial charge in [-0.2, -0.15) is 0 Å². The van der Waals surface area contributed by atoms with Crippen LogP contribution in [0.5, 0.6) is 5.75 Å². The van der Waals surface area contributed by atoms with Crippen molar-refractivity contribution in [1.29, 1.82) is 0 Å². The summed E-state index contributed by atoms with van der Waals surface area (Å²) >= 11 is 3.35. The number of amides is 1. The van der Waals surface area contributed by atoms with Crippen LogP contribution in [0.25, 0.3) is 0 Å². The molecule has 0 spiro atoms. The molecule has 0 aliphatic heterocycles. The van der Waals surface area contributed by atoms with Crippen molar-refractivity contribution in [3.63, 3.8) is 0 Å². The number of anilines is 1. The predicted molar refractivity (Wildman–Crippen MR) is 82.4 cm³/mol. The maximum absolute atomic E-state index is 12.3. The Morgan fingerprint density at radius 1 is 1.29 bits per heavy atom. The number of rotatable bonds is 4. The number of methoxy groups -OCH3 is 1. The van der Waals surface area contributed by atoms with Crippen molar-refractivity contribution < 1.29 is 19.4 Å². The van der Waals surface area contributed by atoms with Gasteiger partial charge in [0.1, 0.15) is 5.75 Å². The van der Waals surface area contributed by atoms with E-state index in [-0.39, 0.29) is 5.91 Å². The van der Waals surface area contributed by atoms with Crippen LogP contribution in [0.3, 0.4) is 0 Å². The van der Waals surface area contributed by atoms with Crippen LogP contribution in [-0.4, -0.2) is 24.1 Å². The van der Waals surface area contributed by atoms with Crippen LogP contribution in [0.2, 0.25) is 0 Å². The van der Waals surface area contributed by atoms with E-state index in [4.69, 9.17) is 4.74 Å². The molecule has 0 aromatic heterocycles. The Labute approximate surface area is 131 Å². The Morgan fingerprint density at radius 2 is 1.95 bits per heavy atom. The third kappa shape index (κ3) is 3.75. The first kappa shape index (κ1) is 15.8. The largest absolute Gasteiger partial charge is 0.495 e. The maximum atomic E-state index is 12.3. The summed E-state index contributed by atoms with van der Waals surface area (Å²) in [5.74, 6) is -1.55. The number of hydrogen-bond acceptors (Lipinski definition) is 3. The van der Waals surface area contributed by atoms with Crippen molar-refractivity contribution in [2.45, 2.75) is 25.7 Å². The van der Waals surface area contributed by atoms with Crippen molar-refractivity contribution in [2.75, 3.05) is 12.4 Å². The summed E-state index contributed by atoms with van der Waals surface area (Å²) in [4.78, 5) is 23.6. The zero-order valence-corrected chi connectivity index (χ0v) is 13.4. The first-order valence-corrected chi connectivity index (χ1v) is 7.69.